The Labute approximate surface area is 333 Å². The van der Waals surface area contributed by atoms with Crippen LogP contribution >= 0.6 is 0 Å². The summed E-state index contributed by atoms with van der Waals surface area (Å²) in [7, 11) is 0. The molecule has 0 amide bonds. The number of nitrogens with zero attached hydrogens (tertiary/aromatic N) is 3. The van der Waals surface area contributed by atoms with E-state index in [1.165, 1.54) is 0 Å². The van der Waals surface area contributed by atoms with Crippen LogP contribution in [0.25, 0.3) is 89.7 Å². The van der Waals surface area contributed by atoms with Crippen molar-refractivity contribution >= 4 is 50.2 Å². The second kappa shape index (κ2) is 14.0. The van der Waals surface area contributed by atoms with Gasteiger partial charge >= 0.3 is 0 Å². The number of furan rings is 1. The van der Waals surface area contributed by atoms with Gasteiger partial charge in [-0.1, -0.05) is 91.0 Å². The summed E-state index contributed by atoms with van der Waals surface area (Å²) in [4.78, 5) is 11.7. The SMILES string of the molecule is c1ccc(-c2nc3ccc(-c4ccc(-c5ccc(N(c6ccc(-c7cc8ccccc8o7)cc6)c6ccc(-c7nc8ccccc8o7)cc6)cc5)cc4)cc3o2)cc1. The fourth-order valence-electron chi connectivity index (χ4n) is 7.56. The average molecular weight is 748 g/mol. The minimum atomic E-state index is 0.598. The van der Waals surface area contributed by atoms with Crippen molar-refractivity contribution in [1.82, 2.24) is 9.97 Å². The molecule has 6 nitrogen and oxygen atoms in total. The highest BCUT2D eigenvalue weighted by Crippen LogP contribution is 2.39. The lowest BCUT2D eigenvalue weighted by Gasteiger charge is -2.26. The largest absolute Gasteiger partial charge is 0.456 e. The van der Waals surface area contributed by atoms with Crippen LogP contribution in [-0.4, -0.2) is 9.97 Å². The number of benzene rings is 8. The van der Waals surface area contributed by atoms with E-state index in [1.807, 2.05) is 78.9 Å². The first kappa shape index (κ1) is 33.4. The van der Waals surface area contributed by atoms with E-state index in [1.54, 1.807) is 0 Å². The zero-order valence-corrected chi connectivity index (χ0v) is 31.1. The second-order valence-electron chi connectivity index (χ2n) is 14.3. The first-order valence-electron chi connectivity index (χ1n) is 19.2. The number of rotatable bonds is 8. The van der Waals surface area contributed by atoms with E-state index >= 15 is 0 Å². The summed E-state index contributed by atoms with van der Waals surface area (Å²) in [6.45, 7) is 0. The van der Waals surface area contributed by atoms with Gasteiger partial charge in [0.25, 0.3) is 0 Å². The number of para-hydroxylation sites is 3. The number of fused-ring (bicyclic) bond motifs is 3. The zero-order chi connectivity index (χ0) is 38.4. The molecule has 274 valence electrons. The van der Waals surface area contributed by atoms with Gasteiger partial charge in [0.1, 0.15) is 22.4 Å². The molecule has 3 aromatic heterocycles. The van der Waals surface area contributed by atoms with Crippen LogP contribution in [0, 0.1) is 0 Å². The maximum Gasteiger partial charge on any atom is 0.227 e. The van der Waals surface area contributed by atoms with Gasteiger partial charge in [-0.2, -0.15) is 0 Å². The molecule has 0 saturated heterocycles. The Kier molecular flexibility index (Phi) is 8.04. The predicted octanol–water partition coefficient (Wildman–Crippen LogP) is 14.5. The van der Waals surface area contributed by atoms with Crippen LogP contribution in [0.4, 0.5) is 17.1 Å². The number of aromatic nitrogens is 2. The Balaban J connectivity index is 0.894. The molecule has 0 aliphatic heterocycles. The Bertz CT molecular complexity index is 3010. The predicted molar refractivity (Wildman–Crippen MR) is 233 cm³/mol. The lowest BCUT2D eigenvalue weighted by atomic mass is 10.00. The molecule has 3 heterocycles. The first-order chi connectivity index (χ1) is 28.7. The van der Waals surface area contributed by atoms with E-state index in [2.05, 4.69) is 126 Å². The standard InChI is InChI=1S/C52H33N3O3/c1-2-8-38(9-3-1)51-54-46-31-24-40(32-50(46)58-51)36-16-14-34(15-17-36)35-18-25-42(26-19-35)55(43-27-20-37(21-28-43)49-33-41-10-4-6-12-47(41)56-49)44-29-22-39(23-30-44)52-53-45-11-5-7-13-48(45)57-52/h1-33H. The monoisotopic (exact) mass is 747 g/mol. The molecular weight excluding hydrogens is 715 g/mol. The molecule has 0 atom stereocenters. The summed E-state index contributed by atoms with van der Waals surface area (Å²) in [6, 6.07) is 68.4. The Hall–Kier alpha value is -7.96. The van der Waals surface area contributed by atoms with E-state index in [9.17, 15) is 0 Å². The van der Waals surface area contributed by atoms with Gasteiger partial charge < -0.3 is 18.2 Å². The second-order valence-corrected chi connectivity index (χ2v) is 14.3. The highest BCUT2D eigenvalue weighted by atomic mass is 16.4. The van der Waals surface area contributed by atoms with Crippen LogP contribution < -0.4 is 4.90 Å². The van der Waals surface area contributed by atoms with Crippen molar-refractivity contribution in [1.29, 1.82) is 0 Å². The van der Waals surface area contributed by atoms with Gasteiger partial charge in [-0.3, -0.25) is 0 Å². The fraction of sp³-hybridized carbons (Fsp3) is 0. The molecule has 0 spiro atoms. The minimum absolute atomic E-state index is 0.598. The van der Waals surface area contributed by atoms with Gasteiger partial charge in [0.05, 0.1) is 0 Å². The molecule has 0 fully saturated rings. The van der Waals surface area contributed by atoms with E-state index in [0.717, 1.165) is 94.9 Å². The topological polar surface area (TPSA) is 68.4 Å². The van der Waals surface area contributed by atoms with Crippen LogP contribution in [0.3, 0.4) is 0 Å². The van der Waals surface area contributed by atoms with Gasteiger partial charge in [0.2, 0.25) is 11.8 Å². The average Bonchev–Trinajstić information content (AvgIpc) is 4.05. The smallest absolute Gasteiger partial charge is 0.227 e. The molecular formula is C52H33N3O3. The minimum Gasteiger partial charge on any atom is -0.456 e. The Morgan fingerprint density at radius 2 is 0.776 bits per heavy atom. The van der Waals surface area contributed by atoms with Crippen LogP contribution in [0.5, 0.6) is 0 Å². The summed E-state index contributed by atoms with van der Waals surface area (Å²) in [5, 5.41) is 1.09. The van der Waals surface area contributed by atoms with Gasteiger partial charge in [-0.25, -0.2) is 9.97 Å². The van der Waals surface area contributed by atoms with E-state index < -0.39 is 0 Å². The van der Waals surface area contributed by atoms with Crippen molar-refractivity contribution in [3.63, 3.8) is 0 Å². The van der Waals surface area contributed by atoms with Crippen molar-refractivity contribution < 1.29 is 13.3 Å². The molecule has 8 aromatic carbocycles. The summed E-state index contributed by atoms with van der Waals surface area (Å²) >= 11 is 0. The highest BCUT2D eigenvalue weighted by Gasteiger charge is 2.16. The first-order valence-corrected chi connectivity index (χ1v) is 19.2. The molecule has 0 saturated carbocycles. The van der Waals surface area contributed by atoms with Crippen LogP contribution in [-0.2, 0) is 0 Å². The fourth-order valence-corrected chi connectivity index (χ4v) is 7.56. The third kappa shape index (κ3) is 6.19. The van der Waals surface area contributed by atoms with E-state index in [4.69, 9.17) is 23.2 Å². The summed E-state index contributed by atoms with van der Waals surface area (Å²) in [6.07, 6.45) is 0. The summed E-state index contributed by atoms with van der Waals surface area (Å²) in [5.74, 6) is 2.07. The molecule has 0 aliphatic carbocycles. The van der Waals surface area contributed by atoms with Crippen LogP contribution in [0.2, 0.25) is 0 Å². The number of anilines is 3. The molecule has 6 heteroatoms. The third-order valence-corrected chi connectivity index (χ3v) is 10.6. The van der Waals surface area contributed by atoms with E-state index in [-0.39, 0.29) is 0 Å². The van der Waals surface area contributed by atoms with Gasteiger partial charge in [-0.15, -0.1) is 0 Å². The maximum absolute atomic E-state index is 6.19. The number of hydrogen-bond acceptors (Lipinski definition) is 6. The lowest BCUT2D eigenvalue weighted by molar-refractivity contribution is 0.619. The van der Waals surface area contributed by atoms with Crippen molar-refractivity contribution in [2.45, 2.75) is 0 Å². The summed E-state index contributed by atoms with van der Waals surface area (Å²) in [5.41, 5.74) is 14.5. The van der Waals surface area contributed by atoms with Gasteiger partial charge in [0, 0.05) is 39.1 Å². The molecule has 0 unspecified atom stereocenters. The number of hydrogen-bond donors (Lipinski definition) is 0. The highest BCUT2D eigenvalue weighted by molar-refractivity contribution is 5.86. The van der Waals surface area contributed by atoms with Gasteiger partial charge in [0.15, 0.2) is 11.2 Å². The Morgan fingerprint density at radius 1 is 0.310 bits per heavy atom. The molecule has 0 radical (unpaired) electrons. The molecule has 11 aromatic rings. The van der Waals surface area contributed by atoms with E-state index in [0.29, 0.717) is 11.8 Å². The van der Waals surface area contributed by atoms with Crippen molar-refractivity contribution in [2.24, 2.45) is 0 Å². The maximum atomic E-state index is 6.19. The number of oxazole rings is 2. The van der Waals surface area contributed by atoms with Crippen molar-refractivity contribution in [2.75, 3.05) is 4.90 Å². The quantitative estimate of drug-likeness (QED) is 0.154. The Morgan fingerprint density at radius 3 is 1.41 bits per heavy atom. The zero-order valence-electron chi connectivity index (χ0n) is 31.1. The van der Waals surface area contributed by atoms with Crippen LogP contribution in [0.1, 0.15) is 0 Å². The third-order valence-electron chi connectivity index (χ3n) is 10.6. The normalized spacial score (nSPS) is 11.4. The van der Waals surface area contributed by atoms with Gasteiger partial charge in [-0.05, 0) is 131 Å². The molecule has 0 N–H and O–H groups in total. The molecule has 58 heavy (non-hydrogen) atoms. The summed E-state index contributed by atoms with van der Waals surface area (Å²) < 4.78 is 18.4. The molecule has 11 rings (SSSR count). The molecule has 0 bridgehead atoms. The lowest BCUT2D eigenvalue weighted by Crippen LogP contribution is -2.09. The van der Waals surface area contributed by atoms with Crippen molar-refractivity contribution in [3.05, 3.63) is 200 Å². The van der Waals surface area contributed by atoms with Crippen LogP contribution in [0.15, 0.2) is 213 Å². The van der Waals surface area contributed by atoms with Crippen molar-refractivity contribution in [3.8, 4) is 56.5 Å². The molecule has 0 aliphatic rings.